The third-order valence-electron chi connectivity index (χ3n) is 4.78. The number of rotatable bonds is 0. The number of hydrogen-bond donors (Lipinski definition) is 1. The number of aliphatic hydroxyl groups is 1. The van der Waals surface area contributed by atoms with Gasteiger partial charge in [-0.15, -0.1) is 0 Å². The van der Waals surface area contributed by atoms with Crippen molar-refractivity contribution < 1.29 is 5.11 Å². The molecule has 2 aromatic carbocycles. The molecule has 0 fully saturated rings. The summed E-state index contributed by atoms with van der Waals surface area (Å²) in [5.74, 6) is 0.697. The Balaban J connectivity index is 2.02. The van der Waals surface area contributed by atoms with E-state index in [0.717, 1.165) is 12.8 Å². The molecule has 0 amide bonds. The Morgan fingerprint density at radius 3 is 1.42 bits per heavy atom. The van der Waals surface area contributed by atoms with E-state index >= 15 is 0 Å². The standard InChI is InChI=1S/C18H18O/c1-18(19)10-16-12-6-2-3-7-13(12)17(11-18)15-9-5-4-8-14(15)16/h2-9,16-17,19H,10-11H2,1H3. The van der Waals surface area contributed by atoms with Crippen LogP contribution in [0.25, 0.3) is 0 Å². The highest BCUT2D eigenvalue weighted by molar-refractivity contribution is 5.54. The zero-order chi connectivity index (χ0) is 13.0. The summed E-state index contributed by atoms with van der Waals surface area (Å²) in [7, 11) is 0. The fraction of sp³-hybridized carbons (Fsp3) is 0.333. The second-order valence-corrected chi connectivity index (χ2v) is 6.27. The van der Waals surface area contributed by atoms with Crippen LogP contribution in [-0.4, -0.2) is 10.7 Å². The molecule has 0 unspecified atom stereocenters. The Kier molecular flexibility index (Phi) is 2.19. The van der Waals surface area contributed by atoms with Gasteiger partial charge in [-0.05, 0) is 42.0 Å². The zero-order valence-electron chi connectivity index (χ0n) is 11.1. The Morgan fingerprint density at radius 2 is 1.11 bits per heavy atom. The Bertz CT molecular complexity index is 540. The predicted molar refractivity (Wildman–Crippen MR) is 76.4 cm³/mol. The van der Waals surface area contributed by atoms with Crippen LogP contribution in [0, 0.1) is 0 Å². The lowest BCUT2D eigenvalue weighted by Gasteiger charge is -2.30. The lowest BCUT2D eigenvalue weighted by Crippen LogP contribution is -2.25. The van der Waals surface area contributed by atoms with Gasteiger partial charge in [0.1, 0.15) is 0 Å². The number of benzene rings is 2. The minimum atomic E-state index is -0.576. The Hall–Kier alpha value is -1.60. The van der Waals surface area contributed by atoms with E-state index in [2.05, 4.69) is 48.5 Å². The van der Waals surface area contributed by atoms with Crippen molar-refractivity contribution in [3.63, 3.8) is 0 Å². The normalized spacial score (nSPS) is 31.5. The molecule has 0 aliphatic heterocycles. The highest BCUT2D eigenvalue weighted by Crippen LogP contribution is 2.52. The van der Waals surface area contributed by atoms with Gasteiger partial charge in [0.05, 0.1) is 5.60 Å². The third-order valence-corrected chi connectivity index (χ3v) is 4.78. The maximum absolute atomic E-state index is 10.7. The molecule has 0 saturated carbocycles. The van der Waals surface area contributed by atoms with E-state index in [1.165, 1.54) is 22.3 Å². The minimum Gasteiger partial charge on any atom is -0.390 e. The van der Waals surface area contributed by atoms with Crippen molar-refractivity contribution in [2.24, 2.45) is 0 Å². The van der Waals surface area contributed by atoms with Crippen molar-refractivity contribution in [1.29, 1.82) is 0 Å². The van der Waals surface area contributed by atoms with Gasteiger partial charge in [0.25, 0.3) is 0 Å². The molecular weight excluding hydrogens is 232 g/mol. The van der Waals surface area contributed by atoms with Crippen LogP contribution in [0.1, 0.15) is 53.9 Å². The van der Waals surface area contributed by atoms with Gasteiger partial charge in [-0.2, -0.15) is 0 Å². The molecule has 0 atom stereocenters. The number of hydrogen-bond acceptors (Lipinski definition) is 1. The van der Waals surface area contributed by atoms with Gasteiger partial charge in [0.15, 0.2) is 0 Å². The molecule has 1 N–H and O–H groups in total. The first-order valence-corrected chi connectivity index (χ1v) is 7.06. The van der Waals surface area contributed by atoms with Crippen molar-refractivity contribution in [1.82, 2.24) is 0 Å². The van der Waals surface area contributed by atoms with Crippen molar-refractivity contribution in [2.45, 2.75) is 37.2 Å². The summed E-state index contributed by atoms with van der Waals surface area (Å²) in [5, 5.41) is 10.7. The Morgan fingerprint density at radius 1 is 0.789 bits per heavy atom. The fourth-order valence-electron chi connectivity index (χ4n) is 4.03. The maximum atomic E-state index is 10.7. The smallest absolute Gasteiger partial charge is 0.0637 e. The average Bonchev–Trinajstić information content (AvgIpc) is 2.61. The summed E-state index contributed by atoms with van der Waals surface area (Å²) in [6.07, 6.45) is 1.66. The molecule has 3 aliphatic rings. The molecule has 96 valence electrons. The minimum absolute atomic E-state index is 0.348. The van der Waals surface area contributed by atoms with Crippen LogP contribution in [0.4, 0.5) is 0 Å². The molecule has 0 saturated heterocycles. The Labute approximate surface area is 113 Å². The summed E-state index contributed by atoms with van der Waals surface area (Å²) in [6, 6.07) is 17.4. The maximum Gasteiger partial charge on any atom is 0.0637 e. The molecule has 2 aromatic rings. The SMILES string of the molecule is CC1(O)CC2c3ccccc3C(C1)c1ccccc12. The molecule has 0 radical (unpaired) electrons. The summed E-state index contributed by atoms with van der Waals surface area (Å²) in [4.78, 5) is 0. The van der Waals surface area contributed by atoms with Crippen LogP contribution in [0.5, 0.6) is 0 Å². The van der Waals surface area contributed by atoms with Gasteiger partial charge in [-0.25, -0.2) is 0 Å². The molecule has 2 bridgehead atoms. The summed E-state index contributed by atoms with van der Waals surface area (Å²) in [6.45, 7) is 1.99. The quantitative estimate of drug-likeness (QED) is 0.754. The van der Waals surface area contributed by atoms with Gasteiger partial charge >= 0.3 is 0 Å². The van der Waals surface area contributed by atoms with Crippen molar-refractivity contribution in [3.05, 3.63) is 70.8 Å². The lowest BCUT2D eigenvalue weighted by molar-refractivity contribution is 0.0404. The first-order valence-electron chi connectivity index (χ1n) is 7.06. The largest absolute Gasteiger partial charge is 0.390 e. The molecule has 5 rings (SSSR count). The zero-order valence-corrected chi connectivity index (χ0v) is 11.1. The van der Waals surface area contributed by atoms with Crippen LogP contribution in [0.2, 0.25) is 0 Å². The fourth-order valence-corrected chi connectivity index (χ4v) is 4.03. The van der Waals surface area contributed by atoms with Gasteiger partial charge in [-0.3, -0.25) is 0 Å². The van der Waals surface area contributed by atoms with Gasteiger partial charge in [0, 0.05) is 11.8 Å². The van der Waals surface area contributed by atoms with E-state index < -0.39 is 5.60 Å². The van der Waals surface area contributed by atoms with Crippen LogP contribution in [0.3, 0.4) is 0 Å². The molecule has 1 heteroatoms. The average molecular weight is 250 g/mol. The molecule has 0 aromatic heterocycles. The molecule has 3 aliphatic carbocycles. The summed E-state index contributed by atoms with van der Waals surface area (Å²) >= 11 is 0. The van der Waals surface area contributed by atoms with E-state index in [9.17, 15) is 5.11 Å². The highest BCUT2D eigenvalue weighted by atomic mass is 16.3. The summed E-state index contributed by atoms with van der Waals surface area (Å²) < 4.78 is 0. The second kappa shape index (κ2) is 3.71. The van der Waals surface area contributed by atoms with E-state index in [1.54, 1.807) is 0 Å². The first-order chi connectivity index (χ1) is 9.16. The van der Waals surface area contributed by atoms with Gasteiger partial charge < -0.3 is 5.11 Å². The van der Waals surface area contributed by atoms with E-state index in [-0.39, 0.29) is 0 Å². The van der Waals surface area contributed by atoms with Crippen LogP contribution < -0.4 is 0 Å². The van der Waals surface area contributed by atoms with E-state index in [4.69, 9.17) is 0 Å². The topological polar surface area (TPSA) is 20.2 Å². The molecule has 1 nitrogen and oxygen atoms in total. The predicted octanol–water partition coefficient (Wildman–Crippen LogP) is 3.81. The van der Waals surface area contributed by atoms with Gasteiger partial charge in [0.2, 0.25) is 0 Å². The lowest BCUT2D eigenvalue weighted by atomic mass is 9.74. The molecule has 0 spiro atoms. The van der Waals surface area contributed by atoms with E-state index in [1.807, 2.05) is 6.92 Å². The second-order valence-electron chi connectivity index (χ2n) is 6.27. The van der Waals surface area contributed by atoms with Crippen LogP contribution in [0.15, 0.2) is 48.5 Å². The third kappa shape index (κ3) is 1.58. The molecule has 19 heavy (non-hydrogen) atoms. The number of fused-ring (bicyclic) bond motifs is 2. The van der Waals surface area contributed by atoms with Crippen LogP contribution in [-0.2, 0) is 0 Å². The molecule has 0 heterocycles. The molecular formula is C18H18O. The monoisotopic (exact) mass is 250 g/mol. The van der Waals surface area contributed by atoms with Crippen molar-refractivity contribution >= 4 is 0 Å². The first kappa shape index (κ1) is 11.2. The van der Waals surface area contributed by atoms with Crippen molar-refractivity contribution in [2.75, 3.05) is 0 Å². The van der Waals surface area contributed by atoms with Crippen molar-refractivity contribution in [3.8, 4) is 0 Å². The van der Waals surface area contributed by atoms with E-state index in [0.29, 0.717) is 11.8 Å². The highest BCUT2D eigenvalue weighted by Gasteiger charge is 2.42. The van der Waals surface area contributed by atoms with Gasteiger partial charge in [-0.1, -0.05) is 48.5 Å². The summed E-state index contributed by atoms with van der Waals surface area (Å²) in [5.41, 5.74) is 5.11. The van der Waals surface area contributed by atoms with Crippen LogP contribution >= 0.6 is 0 Å².